The Kier molecular flexibility index (Phi) is 5.76. The van der Waals surface area contributed by atoms with E-state index in [-0.39, 0.29) is 5.75 Å². The van der Waals surface area contributed by atoms with Crippen molar-refractivity contribution < 1.29 is 8.42 Å². The lowest BCUT2D eigenvalue weighted by Crippen LogP contribution is -2.22. The summed E-state index contributed by atoms with van der Waals surface area (Å²) in [5.74, 6) is 1.92. The maximum absolute atomic E-state index is 11.4. The number of rotatable bonds is 7. The Morgan fingerprint density at radius 1 is 1.31 bits per heavy atom. The summed E-state index contributed by atoms with van der Waals surface area (Å²) in [6.07, 6.45) is 7.02. The molecule has 0 aromatic carbocycles. The van der Waals surface area contributed by atoms with E-state index in [0.717, 1.165) is 25.3 Å². The van der Waals surface area contributed by atoms with Gasteiger partial charge in [-0.05, 0) is 31.2 Å². The molecule has 1 aliphatic rings. The molecule has 1 rings (SSSR count). The second kappa shape index (κ2) is 6.60. The zero-order chi connectivity index (χ0) is 12.0. The highest BCUT2D eigenvalue weighted by Gasteiger charge is 2.23. The second-order valence-corrected chi connectivity index (χ2v) is 7.39. The van der Waals surface area contributed by atoms with Gasteiger partial charge in [0.15, 0.2) is 0 Å². The summed E-state index contributed by atoms with van der Waals surface area (Å²) in [5.41, 5.74) is 5.79. The fourth-order valence-electron chi connectivity index (χ4n) is 2.68. The summed E-state index contributed by atoms with van der Waals surface area (Å²) in [5, 5.41) is 0. The Bertz CT molecular complexity index is 281. The molecule has 0 aromatic heterocycles. The summed E-state index contributed by atoms with van der Waals surface area (Å²) in [6.45, 7) is 2.43. The molecule has 1 unspecified atom stereocenters. The van der Waals surface area contributed by atoms with Crippen molar-refractivity contribution in [1.82, 2.24) is 0 Å². The summed E-state index contributed by atoms with van der Waals surface area (Å²) in [4.78, 5) is 0. The number of hydrogen-bond acceptors (Lipinski definition) is 3. The minimum absolute atomic E-state index is 0.268. The molecule has 0 aliphatic heterocycles. The van der Waals surface area contributed by atoms with Crippen LogP contribution in [0.2, 0.25) is 0 Å². The molecule has 3 nitrogen and oxygen atoms in total. The predicted molar refractivity (Wildman–Crippen MR) is 68.1 cm³/mol. The summed E-state index contributed by atoms with van der Waals surface area (Å²) < 4.78 is 22.7. The number of sulfone groups is 1. The minimum atomic E-state index is -2.79. The second-order valence-electron chi connectivity index (χ2n) is 4.92. The van der Waals surface area contributed by atoms with Gasteiger partial charge in [-0.2, -0.15) is 0 Å². The van der Waals surface area contributed by atoms with Crippen molar-refractivity contribution in [3.8, 4) is 0 Å². The summed E-state index contributed by atoms with van der Waals surface area (Å²) in [7, 11) is -2.79. The molecule has 1 atom stereocenters. The van der Waals surface area contributed by atoms with Gasteiger partial charge in [0.05, 0.1) is 5.75 Å². The van der Waals surface area contributed by atoms with Crippen molar-refractivity contribution >= 4 is 9.84 Å². The van der Waals surface area contributed by atoms with Gasteiger partial charge >= 0.3 is 0 Å². The van der Waals surface area contributed by atoms with Gasteiger partial charge in [0.1, 0.15) is 9.84 Å². The maximum Gasteiger partial charge on any atom is 0.150 e. The van der Waals surface area contributed by atoms with Crippen molar-refractivity contribution in [3.05, 3.63) is 0 Å². The molecule has 1 fully saturated rings. The van der Waals surface area contributed by atoms with Gasteiger partial charge in [0.25, 0.3) is 0 Å². The standard InChI is InChI=1S/C12H25NO2S/c1-2-16(14,15)9-5-8-12(10-13)11-6-3-4-7-11/h11-12H,2-10,13H2,1H3. The zero-order valence-corrected chi connectivity index (χ0v) is 11.1. The molecule has 0 bridgehead atoms. The first-order valence-corrected chi connectivity index (χ1v) is 8.31. The monoisotopic (exact) mass is 247 g/mol. The molecule has 0 radical (unpaired) electrons. The molecule has 16 heavy (non-hydrogen) atoms. The van der Waals surface area contributed by atoms with E-state index in [1.54, 1.807) is 6.92 Å². The van der Waals surface area contributed by atoms with E-state index in [1.165, 1.54) is 25.7 Å². The van der Waals surface area contributed by atoms with Crippen LogP contribution in [0.25, 0.3) is 0 Å². The normalized spacial score (nSPS) is 20.1. The lowest BCUT2D eigenvalue weighted by molar-refractivity contribution is 0.324. The SMILES string of the molecule is CCS(=O)(=O)CCCC(CN)C1CCCC1. The van der Waals surface area contributed by atoms with E-state index in [4.69, 9.17) is 5.73 Å². The van der Waals surface area contributed by atoms with Crippen LogP contribution in [0.4, 0.5) is 0 Å². The van der Waals surface area contributed by atoms with Gasteiger partial charge in [-0.25, -0.2) is 8.42 Å². The Morgan fingerprint density at radius 2 is 1.94 bits per heavy atom. The average molecular weight is 247 g/mol. The van der Waals surface area contributed by atoms with E-state index in [0.29, 0.717) is 11.7 Å². The Balaban J connectivity index is 2.29. The maximum atomic E-state index is 11.4. The van der Waals surface area contributed by atoms with Gasteiger partial charge in [-0.3, -0.25) is 0 Å². The summed E-state index contributed by atoms with van der Waals surface area (Å²) >= 11 is 0. The zero-order valence-electron chi connectivity index (χ0n) is 10.3. The largest absolute Gasteiger partial charge is 0.330 e. The molecule has 1 aliphatic carbocycles. The van der Waals surface area contributed by atoms with Crippen LogP contribution in [0, 0.1) is 11.8 Å². The van der Waals surface area contributed by atoms with Crippen LogP contribution in [0.3, 0.4) is 0 Å². The van der Waals surface area contributed by atoms with E-state index >= 15 is 0 Å². The van der Waals surface area contributed by atoms with Gasteiger partial charge in [-0.15, -0.1) is 0 Å². The van der Waals surface area contributed by atoms with Crippen LogP contribution in [0.1, 0.15) is 45.4 Å². The van der Waals surface area contributed by atoms with E-state index in [1.807, 2.05) is 0 Å². The van der Waals surface area contributed by atoms with Crippen molar-refractivity contribution in [1.29, 1.82) is 0 Å². The molecule has 0 spiro atoms. The van der Waals surface area contributed by atoms with Gasteiger partial charge < -0.3 is 5.73 Å². The first-order chi connectivity index (χ1) is 7.59. The Morgan fingerprint density at radius 3 is 2.44 bits per heavy atom. The minimum Gasteiger partial charge on any atom is -0.330 e. The third-order valence-corrected chi connectivity index (χ3v) is 5.63. The van der Waals surface area contributed by atoms with Gasteiger partial charge in [0, 0.05) is 5.75 Å². The number of nitrogens with two attached hydrogens (primary N) is 1. The van der Waals surface area contributed by atoms with Crippen molar-refractivity contribution in [3.63, 3.8) is 0 Å². The van der Waals surface area contributed by atoms with E-state index in [9.17, 15) is 8.42 Å². The molecule has 0 heterocycles. The highest BCUT2D eigenvalue weighted by atomic mass is 32.2. The van der Waals surface area contributed by atoms with Crippen LogP contribution in [-0.2, 0) is 9.84 Å². The average Bonchev–Trinajstić information content (AvgIpc) is 2.78. The lowest BCUT2D eigenvalue weighted by Gasteiger charge is -2.21. The molecule has 2 N–H and O–H groups in total. The van der Waals surface area contributed by atoms with Gasteiger partial charge in [0.2, 0.25) is 0 Å². The molecular weight excluding hydrogens is 222 g/mol. The van der Waals surface area contributed by atoms with Crippen LogP contribution >= 0.6 is 0 Å². The fourth-order valence-corrected chi connectivity index (χ4v) is 3.58. The number of hydrogen-bond donors (Lipinski definition) is 1. The smallest absolute Gasteiger partial charge is 0.150 e. The van der Waals surface area contributed by atoms with E-state index < -0.39 is 9.84 Å². The van der Waals surface area contributed by atoms with Crippen LogP contribution < -0.4 is 5.73 Å². The topological polar surface area (TPSA) is 60.2 Å². The summed E-state index contributed by atoms with van der Waals surface area (Å²) in [6, 6.07) is 0. The fraction of sp³-hybridized carbons (Fsp3) is 1.00. The first-order valence-electron chi connectivity index (χ1n) is 6.49. The molecule has 0 amide bonds. The quantitative estimate of drug-likeness (QED) is 0.748. The van der Waals surface area contributed by atoms with E-state index in [2.05, 4.69) is 0 Å². The van der Waals surface area contributed by atoms with Crippen LogP contribution in [-0.4, -0.2) is 26.5 Å². The lowest BCUT2D eigenvalue weighted by atomic mass is 9.87. The first kappa shape index (κ1) is 14.0. The van der Waals surface area contributed by atoms with Crippen LogP contribution in [0.15, 0.2) is 0 Å². The highest BCUT2D eigenvalue weighted by Crippen LogP contribution is 2.33. The molecule has 0 aromatic rings. The van der Waals surface area contributed by atoms with Crippen molar-refractivity contribution in [2.75, 3.05) is 18.1 Å². The third-order valence-electron chi connectivity index (χ3n) is 3.84. The van der Waals surface area contributed by atoms with Crippen molar-refractivity contribution in [2.45, 2.75) is 45.4 Å². The predicted octanol–water partition coefficient (Wildman–Crippen LogP) is 1.97. The van der Waals surface area contributed by atoms with Crippen molar-refractivity contribution in [2.24, 2.45) is 17.6 Å². The van der Waals surface area contributed by atoms with Gasteiger partial charge in [-0.1, -0.05) is 32.6 Å². The Hall–Kier alpha value is -0.0900. The highest BCUT2D eigenvalue weighted by molar-refractivity contribution is 7.91. The molecule has 96 valence electrons. The molecule has 4 heteroatoms. The Labute approximate surface area is 99.7 Å². The molecule has 1 saturated carbocycles. The third kappa shape index (κ3) is 4.42. The molecule has 0 saturated heterocycles. The molecular formula is C12H25NO2S. The van der Waals surface area contributed by atoms with Crippen LogP contribution in [0.5, 0.6) is 0 Å².